The van der Waals surface area contributed by atoms with Crippen LogP contribution < -0.4 is 5.32 Å². The van der Waals surface area contributed by atoms with Crippen LogP contribution in [0.2, 0.25) is 0 Å². The zero-order chi connectivity index (χ0) is 14.4. The molecule has 1 aliphatic rings. The Balaban J connectivity index is 0. The van der Waals surface area contributed by atoms with E-state index in [0.29, 0.717) is 5.92 Å². The molecule has 0 aromatic heterocycles. The number of hydrogen-bond donors (Lipinski definition) is 1. The van der Waals surface area contributed by atoms with Crippen LogP contribution in [0.4, 0.5) is 0 Å². The van der Waals surface area contributed by atoms with Crippen molar-refractivity contribution in [2.75, 3.05) is 6.54 Å². The normalized spacial score (nSPS) is 21.9. The van der Waals surface area contributed by atoms with Crippen LogP contribution in [-0.4, -0.2) is 12.5 Å². The summed E-state index contributed by atoms with van der Waals surface area (Å²) in [6.45, 7) is 13.2. The van der Waals surface area contributed by atoms with Crippen LogP contribution >= 0.6 is 0 Å². The van der Waals surface area contributed by atoms with E-state index >= 15 is 0 Å². The minimum Gasteiger partial charge on any atom is -0.356 e. The van der Waals surface area contributed by atoms with Gasteiger partial charge in [-0.3, -0.25) is 4.79 Å². The van der Waals surface area contributed by atoms with Crippen LogP contribution in [0.1, 0.15) is 80.1 Å². The third kappa shape index (κ3) is 9.49. The lowest BCUT2D eigenvalue weighted by Crippen LogP contribution is -2.32. The summed E-state index contributed by atoms with van der Waals surface area (Å²) < 4.78 is 0. The van der Waals surface area contributed by atoms with E-state index in [1.165, 1.54) is 25.7 Å². The Morgan fingerprint density at radius 2 is 1.44 bits per heavy atom. The molecule has 1 aliphatic carbocycles. The van der Waals surface area contributed by atoms with E-state index in [-0.39, 0.29) is 5.91 Å². The Bertz CT molecular complexity index is 172. The smallest absolute Gasteiger partial charge is 0.223 e. The summed E-state index contributed by atoms with van der Waals surface area (Å²) >= 11 is 0. The molecule has 0 aromatic carbocycles. The molecule has 1 rings (SSSR count). The van der Waals surface area contributed by atoms with Crippen LogP contribution in [0.5, 0.6) is 0 Å². The van der Waals surface area contributed by atoms with Crippen LogP contribution in [0, 0.1) is 11.8 Å². The van der Waals surface area contributed by atoms with Crippen LogP contribution in [0.25, 0.3) is 0 Å². The first kappa shape index (κ1) is 19.8. The van der Waals surface area contributed by atoms with Crippen molar-refractivity contribution in [1.82, 2.24) is 5.32 Å². The first-order chi connectivity index (χ1) is 8.69. The van der Waals surface area contributed by atoms with E-state index in [9.17, 15) is 4.79 Å². The minimum atomic E-state index is 0.275. The van der Waals surface area contributed by atoms with Crippen LogP contribution in [-0.2, 0) is 4.79 Å². The number of amides is 1. The molecule has 0 unspecified atom stereocenters. The lowest BCUT2D eigenvalue weighted by atomic mass is 9.80. The lowest BCUT2D eigenvalue weighted by molar-refractivity contribution is -0.126. The molecule has 18 heavy (non-hydrogen) atoms. The predicted octanol–water partition coefficient (Wildman–Crippen LogP) is 4.78. The molecule has 110 valence electrons. The molecule has 1 saturated carbocycles. The van der Waals surface area contributed by atoms with Gasteiger partial charge in [0, 0.05) is 12.5 Å². The number of carbonyl (C=O) groups excluding carboxylic acids is 1. The van der Waals surface area contributed by atoms with Gasteiger partial charge in [-0.2, -0.15) is 0 Å². The maximum atomic E-state index is 11.5. The monoisotopic (exact) mass is 257 g/mol. The molecule has 0 spiro atoms. The molecule has 0 aliphatic heterocycles. The van der Waals surface area contributed by atoms with Crippen molar-refractivity contribution in [3.05, 3.63) is 0 Å². The topological polar surface area (TPSA) is 29.1 Å². The van der Waals surface area contributed by atoms with E-state index in [1.54, 1.807) is 0 Å². The maximum absolute atomic E-state index is 11.5. The Morgan fingerprint density at radius 1 is 1.00 bits per heavy atom. The highest BCUT2D eigenvalue weighted by atomic mass is 16.1. The second-order valence-corrected chi connectivity index (χ2v) is 4.73. The van der Waals surface area contributed by atoms with E-state index < -0.39 is 0 Å². The van der Waals surface area contributed by atoms with Crippen molar-refractivity contribution < 1.29 is 4.79 Å². The van der Waals surface area contributed by atoms with Crippen molar-refractivity contribution in [3.63, 3.8) is 0 Å². The molecule has 1 N–H and O–H groups in total. The third-order valence-electron chi connectivity index (χ3n) is 3.15. The largest absolute Gasteiger partial charge is 0.356 e. The van der Waals surface area contributed by atoms with Crippen molar-refractivity contribution >= 4 is 5.91 Å². The summed E-state index contributed by atoms with van der Waals surface area (Å²) in [5, 5.41) is 2.91. The van der Waals surface area contributed by atoms with Crippen molar-refractivity contribution in [2.24, 2.45) is 11.8 Å². The second-order valence-electron chi connectivity index (χ2n) is 4.73. The van der Waals surface area contributed by atoms with Crippen molar-refractivity contribution in [2.45, 2.75) is 80.1 Å². The summed E-state index contributed by atoms with van der Waals surface area (Å²) in [7, 11) is 0. The number of rotatable bonds is 3. The number of carbonyl (C=O) groups is 1. The van der Waals surface area contributed by atoms with Gasteiger partial charge in [0.1, 0.15) is 0 Å². The molecule has 1 amide bonds. The summed E-state index contributed by atoms with van der Waals surface area (Å²) in [4.78, 5) is 11.5. The second kappa shape index (κ2) is 14.5. The molecule has 2 heteroatoms. The summed E-state index contributed by atoms with van der Waals surface area (Å²) in [5.74, 6) is 1.46. The van der Waals surface area contributed by atoms with E-state index in [4.69, 9.17) is 0 Å². The van der Waals surface area contributed by atoms with Gasteiger partial charge < -0.3 is 5.32 Å². The highest BCUT2D eigenvalue weighted by Gasteiger charge is 2.24. The van der Waals surface area contributed by atoms with Gasteiger partial charge in [0.2, 0.25) is 5.91 Å². The Morgan fingerprint density at radius 3 is 1.78 bits per heavy atom. The van der Waals surface area contributed by atoms with Gasteiger partial charge in [0.25, 0.3) is 0 Å². The number of hydrogen-bond acceptors (Lipinski definition) is 1. The molecule has 0 bridgehead atoms. The SMILES string of the molecule is CC.CCC.CCNC(=O)C1CCC(CC)CC1. The summed E-state index contributed by atoms with van der Waals surface area (Å²) in [5.41, 5.74) is 0. The molecule has 0 atom stereocenters. The molecular weight excluding hydrogens is 222 g/mol. The summed E-state index contributed by atoms with van der Waals surface area (Å²) in [6, 6.07) is 0. The molecule has 0 heterocycles. The van der Waals surface area contributed by atoms with Gasteiger partial charge in [-0.25, -0.2) is 0 Å². The van der Waals surface area contributed by atoms with Gasteiger partial charge in [-0.05, 0) is 38.5 Å². The first-order valence-electron chi connectivity index (χ1n) is 7.97. The highest BCUT2D eigenvalue weighted by Crippen LogP contribution is 2.30. The average Bonchev–Trinajstić information content (AvgIpc) is 2.42. The Kier molecular flexibility index (Phi) is 16.0. The standard InChI is InChI=1S/C11H21NO.C3H8.C2H6/c1-3-9-5-7-10(8-6-9)11(13)12-4-2;1-3-2;1-2/h9-10H,3-8H2,1-2H3,(H,12,13);3H2,1-2H3;1-2H3. The molecule has 0 aromatic rings. The fraction of sp³-hybridized carbons (Fsp3) is 0.938. The third-order valence-corrected chi connectivity index (χ3v) is 3.15. The maximum Gasteiger partial charge on any atom is 0.223 e. The van der Waals surface area contributed by atoms with Gasteiger partial charge in [0.15, 0.2) is 0 Å². The molecular formula is C16H35NO. The van der Waals surface area contributed by atoms with Crippen LogP contribution in [0.15, 0.2) is 0 Å². The molecule has 0 radical (unpaired) electrons. The molecule has 2 nitrogen and oxygen atoms in total. The highest BCUT2D eigenvalue weighted by molar-refractivity contribution is 5.78. The fourth-order valence-corrected chi connectivity index (χ4v) is 2.15. The molecule has 0 saturated heterocycles. The number of nitrogens with one attached hydrogen (secondary N) is 1. The zero-order valence-electron chi connectivity index (χ0n) is 13.5. The van der Waals surface area contributed by atoms with Gasteiger partial charge in [-0.1, -0.05) is 47.5 Å². The van der Waals surface area contributed by atoms with Crippen molar-refractivity contribution in [1.29, 1.82) is 0 Å². The van der Waals surface area contributed by atoms with E-state index in [1.807, 2.05) is 20.8 Å². The van der Waals surface area contributed by atoms with Crippen LogP contribution in [0.3, 0.4) is 0 Å². The van der Waals surface area contributed by atoms with E-state index in [0.717, 1.165) is 25.3 Å². The van der Waals surface area contributed by atoms with Gasteiger partial charge in [0.05, 0.1) is 0 Å². The Hall–Kier alpha value is -0.530. The zero-order valence-corrected chi connectivity index (χ0v) is 13.5. The molecule has 1 fully saturated rings. The fourth-order valence-electron chi connectivity index (χ4n) is 2.15. The Labute approximate surface area is 115 Å². The first-order valence-corrected chi connectivity index (χ1v) is 7.97. The predicted molar refractivity (Wildman–Crippen MR) is 81.7 cm³/mol. The summed E-state index contributed by atoms with van der Waals surface area (Å²) in [6.07, 6.45) is 7.23. The van der Waals surface area contributed by atoms with E-state index in [2.05, 4.69) is 26.1 Å². The quantitative estimate of drug-likeness (QED) is 0.774. The minimum absolute atomic E-state index is 0.275. The van der Waals surface area contributed by atoms with Gasteiger partial charge >= 0.3 is 0 Å². The van der Waals surface area contributed by atoms with Crippen molar-refractivity contribution in [3.8, 4) is 0 Å². The van der Waals surface area contributed by atoms with Gasteiger partial charge in [-0.15, -0.1) is 0 Å². The lowest BCUT2D eigenvalue weighted by Gasteiger charge is -2.26. The average molecular weight is 257 g/mol.